The molecular weight excluding hydrogens is 226 g/mol. The van der Waals surface area contributed by atoms with E-state index in [9.17, 15) is 4.79 Å². The van der Waals surface area contributed by atoms with Crippen molar-refractivity contribution in [3.63, 3.8) is 0 Å². The van der Waals surface area contributed by atoms with E-state index >= 15 is 0 Å². The number of hydrogen-bond acceptors (Lipinski definition) is 3. The summed E-state index contributed by atoms with van der Waals surface area (Å²) in [5.41, 5.74) is 0.0817. The van der Waals surface area contributed by atoms with Gasteiger partial charge in [0.2, 0.25) is 5.91 Å². The molecule has 0 aliphatic carbocycles. The second-order valence-corrected chi connectivity index (χ2v) is 6.62. The summed E-state index contributed by atoms with van der Waals surface area (Å²) < 4.78 is 0. The van der Waals surface area contributed by atoms with Gasteiger partial charge in [-0.05, 0) is 38.8 Å². The summed E-state index contributed by atoms with van der Waals surface area (Å²) in [6, 6.07) is 0.327. The van der Waals surface area contributed by atoms with Gasteiger partial charge in [0.1, 0.15) is 0 Å². The van der Waals surface area contributed by atoms with E-state index in [1.807, 2.05) is 0 Å². The Kier molecular flexibility index (Phi) is 3.97. The molecular formula is C14H27N3O. The monoisotopic (exact) mass is 253 g/mol. The van der Waals surface area contributed by atoms with Crippen molar-refractivity contribution in [2.45, 2.75) is 45.7 Å². The van der Waals surface area contributed by atoms with E-state index in [1.54, 1.807) is 0 Å². The molecule has 0 radical (unpaired) electrons. The molecule has 4 heteroatoms. The van der Waals surface area contributed by atoms with Crippen LogP contribution in [0.3, 0.4) is 0 Å². The maximum atomic E-state index is 12.7. The predicted octanol–water partition coefficient (Wildman–Crippen LogP) is 0.927. The minimum atomic E-state index is -0.00268. The van der Waals surface area contributed by atoms with Crippen molar-refractivity contribution in [3.8, 4) is 0 Å². The quantitative estimate of drug-likeness (QED) is 0.755. The van der Waals surface area contributed by atoms with E-state index in [4.69, 9.17) is 0 Å². The van der Waals surface area contributed by atoms with Crippen LogP contribution in [0.15, 0.2) is 0 Å². The zero-order valence-corrected chi connectivity index (χ0v) is 12.2. The molecule has 4 nitrogen and oxygen atoms in total. The first-order valence-corrected chi connectivity index (χ1v) is 7.14. The van der Waals surface area contributed by atoms with Gasteiger partial charge in [0.15, 0.2) is 0 Å². The van der Waals surface area contributed by atoms with Gasteiger partial charge in [0, 0.05) is 25.7 Å². The Bertz CT molecular complexity index is 316. The van der Waals surface area contributed by atoms with Crippen LogP contribution in [0.1, 0.15) is 33.6 Å². The van der Waals surface area contributed by atoms with Crippen molar-refractivity contribution in [1.82, 2.24) is 15.1 Å². The van der Waals surface area contributed by atoms with Crippen LogP contribution in [0.4, 0.5) is 0 Å². The molecule has 104 valence electrons. The molecule has 2 heterocycles. The second kappa shape index (κ2) is 5.17. The van der Waals surface area contributed by atoms with Crippen molar-refractivity contribution >= 4 is 5.91 Å². The fourth-order valence-corrected chi connectivity index (χ4v) is 3.27. The molecule has 0 saturated carbocycles. The molecule has 2 unspecified atom stereocenters. The van der Waals surface area contributed by atoms with Gasteiger partial charge in [-0.25, -0.2) is 0 Å². The molecule has 0 bridgehead atoms. The molecule has 1 N–H and O–H groups in total. The normalized spacial score (nSPS) is 33.4. The number of hydrogen-bond donors (Lipinski definition) is 1. The first-order valence-electron chi connectivity index (χ1n) is 7.14. The van der Waals surface area contributed by atoms with Gasteiger partial charge in [-0.2, -0.15) is 0 Å². The molecule has 0 aromatic carbocycles. The van der Waals surface area contributed by atoms with Crippen LogP contribution in [0.5, 0.6) is 0 Å². The molecule has 2 aliphatic heterocycles. The van der Waals surface area contributed by atoms with Crippen molar-refractivity contribution in [2.75, 3.05) is 33.2 Å². The Labute approximate surface area is 111 Å². The van der Waals surface area contributed by atoms with Crippen molar-refractivity contribution in [1.29, 1.82) is 0 Å². The van der Waals surface area contributed by atoms with Gasteiger partial charge in [-0.3, -0.25) is 4.79 Å². The first kappa shape index (κ1) is 13.8. The highest BCUT2D eigenvalue weighted by Gasteiger charge is 2.40. The van der Waals surface area contributed by atoms with Crippen LogP contribution in [0.2, 0.25) is 0 Å². The largest absolute Gasteiger partial charge is 0.336 e. The summed E-state index contributed by atoms with van der Waals surface area (Å²) in [7, 11) is 2.13. The maximum Gasteiger partial charge on any atom is 0.240 e. The standard InChI is InChI=1S/C14H27N3O/c1-11-10-16(4)8-9-17(11)13(18)12-14(2,3)6-5-7-15-12/h11-12,15H,5-10H2,1-4H3. The zero-order valence-electron chi connectivity index (χ0n) is 12.2. The lowest BCUT2D eigenvalue weighted by Crippen LogP contribution is -2.61. The highest BCUT2D eigenvalue weighted by molar-refractivity contribution is 5.83. The highest BCUT2D eigenvalue weighted by Crippen LogP contribution is 2.31. The molecule has 2 saturated heterocycles. The lowest BCUT2D eigenvalue weighted by molar-refractivity contribution is -0.141. The number of carbonyl (C=O) groups excluding carboxylic acids is 1. The third-order valence-electron chi connectivity index (χ3n) is 4.49. The minimum absolute atomic E-state index is 0.00268. The Morgan fingerprint density at radius 1 is 1.33 bits per heavy atom. The Balaban J connectivity index is 2.06. The molecule has 2 aliphatic rings. The number of piperazine rings is 1. The van der Waals surface area contributed by atoms with Crippen molar-refractivity contribution in [3.05, 3.63) is 0 Å². The molecule has 0 aromatic heterocycles. The van der Waals surface area contributed by atoms with Crippen molar-refractivity contribution in [2.24, 2.45) is 5.41 Å². The zero-order chi connectivity index (χ0) is 13.3. The van der Waals surface area contributed by atoms with Gasteiger partial charge < -0.3 is 15.1 Å². The van der Waals surface area contributed by atoms with Crippen LogP contribution >= 0.6 is 0 Å². The fraction of sp³-hybridized carbons (Fsp3) is 0.929. The Hall–Kier alpha value is -0.610. The second-order valence-electron chi connectivity index (χ2n) is 6.62. The lowest BCUT2D eigenvalue weighted by atomic mass is 9.77. The summed E-state index contributed by atoms with van der Waals surface area (Å²) in [5.74, 6) is 0.306. The molecule has 2 rings (SSSR count). The fourth-order valence-electron chi connectivity index (χ4n) is 3.27. The smallest absolute Gasteiger partial charge is 0.240 e. The predicted molar refractivity (Wildman–Crippen MR) is 73.5 cm³/mol. The van der Waals surface area contributed by atoms with Crippen LogP contribution in [-0.2, 0) is 4.79 Å². The third kappa shape index (κ3) is 2.69. The number of nitrogens with one attached hydrogen (secondary N) is 1. The van der Waals surface area contributed by atoms with E-state index in [0.29, 0.717) is 11.9 Å². The van der Waals surface area contributed by atoms with Crippen LogP contribution in [0.25, 0.3) is 0 Å². The van der Waals surface area contributed by atoms with E-state index < -0.39 is 0 Å². The molecule has 2 atom stereocenters. The van der Waals surface area contributed by atoms with Gasteiger partial charge in [0.05, 0.1) is 6.04 Å². The van der Waals surface area contributed by atoms with Crippen molar-refractivity contribution < 1.29 is 4.79 Å². The van der Waals surface area contributed by atoms with E-state index in [-0.39, 0.29) is 11.5 Å². The van der Waals surface area contributed by atoms with E-state index in [2.05, 4.69) is 42.9 Å². The van der Waals surface area contributed by atoms with Gasteiger partial charge in [-0.1, -0.05) is 13.8 Å². The number of likely N-dealkylation sites (N-methyl/N-ethyl adjacent to an activating group) is 1. The number of rotatable bonds is 1. The van der Waals surface area contributed by atoms with Gasteiger partial charge >= 0.3 is 0 Å². The average molecular weight is 253 g/mol. The third-order valence-corrected chi connectivity index (χ3v) is 4.49. The molecule has 0 spiro atoms. The maximum absolute atomic E-state index is 12.7. The van der Waals surface area contributed by atoms with E-state index in [0.717, 1.165) is 32.6 Å². The minimum Gasteiger partial charge on any atom is -0.336 e. The lowest BCUT2D eigenvalue weighted by Gasteiger charge is -2.45. The topological polar surface area (TPSA) is 35.6 Å². The summed E-state index contributed by atoms with van der Waals surface area (Å²) >= 11 is 0. The highest BCUT2D eigenvalue weighted by atomic mass is 16.2. The summed E-state index contributed by atoms with van der Waals surface area (Å²) in [6.07, 6.45) is 2.31. The molecule has 2 fully saturated rings. The molecule has 0 aromatic rings. The Morgan fingerprint density at radius 2 is 2.06 bits per heavy atom. The Morgan fingerprint density at radius 3 is 2.67 bits per heavy atom. The average Bonchev–Trinajstić information content (AvgIpc) is 2.27. The van der Waals surface area contributed by atoms with Gasteiger partial charge in [-0.15, -0.1) is 0 Å². The summed E-state index contributed by atoms with van der Waals surface area (Å²) in [6.45, 7) is 10.4. The van der Waals surface area contributed by atoms with Crippen LogP contribution < -0.4 is 5.32 Å². The molecule has 18 heavy (non-hydrogen) atoms. The number of carbonyl (C=O) groups is 1. The summed E-state index contributed by atoms with van der Waals surface area (Å²) in [5, 5.41) is 3.43. The number of amides is 1. The first-order chi connectivity index (χ1) is 8.42. The number of nitrogens with zero attached hydrogens (tertiary/aromatic N) is 2. The van der Waals surface area contributed by atoms with Crippen LogP contribution in [-0.4, -0.2) is 61.0 Å². The van der Waals surface area contributed by atoms with Crippen LogP contribution in [0, 0.1) is 5.41 Å². The summed E-state index contributed by atoms with van der Waals surface area (Å²) in [4.78, 5) is 17.1. The molecule has 1 amide bonds. The van der Waals surface area contributed by atoms with E-state index in [1.165, 1.54) is 6.42 Å². The number of piperidine rings is 1. The van der Waals surface area contributed by atoms with Gasteiger partial charge in [0.25, 0.3) is 0 Å². The SMILES string of the molecule is CC1CN(C)CCN1C(=O)C1NCCCC1(C)C.